The fraction of sp³-hybridized carbons (Fsp3) is 0.625. The molecule has 0 aromatic heterocycles. The first kappa shape index (κ1) is 62.1. The van der Waals surface area contributed by atoms with E-state index in [4.69, 9.17) is 9.47 Å². The minimum absolute atomic E-state index is 0.0409. The van der Waals surface area contributed by atoms with E-state index in [1.807, 2.05) is 111 Å². The van der Waals surface area contributed by atoms with Gasteiger partial charge in [-0.2, -0.15) is 0 Å². The summed E-state index contributed by atoms with van der Waals surface area (Å²) in [6.45, 7) is 11.9. The third-order valence-corrected chi connectivity index (χ3v) is 21.1. The number of hydrogen-bond donors (Lipinski definition) is 2. The van der Waals surface area contributed by atoms with Crippen molar-refractivity contribution in [2.45, 2.75) is 177 Å². The maximum absolute atomic E-state index is 14.2. The van der Waals surface area contributed by atoms with Crippen LogP contribution in [0.1, 0.15) is 177 Å². The molecule has 2 N–H and O–H groups in total. The van der Waals surface area contributed by atoms with Crippen LogP contribution >= 0.6 is 0 Å². The van der Waals surface area contributed by atoms with Gasteiger partial charge in [-0.3, -0.25) is 0 Å². The molecule has 4 atom stereocenters. The smallest absolute Gasteiger partial charge is 0.179 e. The zero-order chi connectivity index (χ0) is 56.0. The van der Waals surface area contributed by atoms with Gasteiger partial charge in [0.2, 0.25) is 0 Å². The number of ether oxygens (including phenoxy) is 2. The number of aliphatic hydroxyl groups is 2. The third-order valence-electron chi connectivity index (χ3n) is 17.1. The summed E-state index contributed by atoms with van der Waals surface area (Å²) in [6, 6.07) is 27.2. The van der Waals surface area contributed by atoms with Crippen molar-refractivity contribution in [2.24, 2.45) is 10.8 Å². The van der Waals surface area contributed by atoms with Crippen LogP contribution in [-0.4, -0.2) is 124 Å². The molecule has 4 aromatic rings. The van der Waals surface area contributed by atoms with Gasteiger partial charge < -0.3 is 34.0 Å². The van der Waals surface area contributed by atoms with Gasteiger partial charge in [-0.1, -0.05) is 103 Å². The number of benzene rings is 4. The Labute approximate surface area is 466 Å². The topological polar surface area (TPSA) is 134 Å². The van der Waals surface area contributed by atoms with E-state index in [-0.39, 0.29) is 11.5 Å². The standard InChI is InChI=1S/C64H98N3O8S2/c1-11-15-37-63(38-16-12-2)47-76(70,71)57-35-29-51(65(5)6)45-55(57)59(61(63)68)49-25-31-53(32-26-49)74-43-23-19-21-41-67(9,10)42-22-20-24-44-75-54-33-27-50(28-34-54)60-56-46-52(66(7)8)30-36-58(56)77(72,73)48-64(62(60)69,39-17-13-3)40-18-14-4/h25-36,45-46,59-62,68-69H,11-24,37-44,47-48H2,1-10H3/q+1/t59-,60-,61-,62-/m1/s1. The lowest BCUT2D eigenvalue weighted by molar-refractivity contribution is -0.890. The highest BCUT2D eigenvalue weighted by Gasteiger charge is 2.51. The van der Waals surface area contributed by atoms with Gasteiger partial charge in [0.15, 0.2) is 19.7 Å². The molecule has 0 spiro atoms. The molecule has 11 nitrogen and oxygen atoms in total. The summed E-state index contributed by atoms with van der Waals surface area (Å²) in [6.07, 6.45) is 14.4. The molecule has 13 heteroatoms. The Morgan fingerprint density at radius 2 is 0.831 bits per heavy atom. The molecular formula is C64H98N3O8S2+. The van der Waals surface area contributed by atoms with Crippen LogP contribution in [0.15, 0.2) is 94.7 Å². The van der Waals surface area contributed by atoms with Crippen LogP contribution in [0.5, 0.6) is 11.5 Å². The fourth-order valence-electron chi connectivity index (χ4n) is 12.5. The van der Waals surface area contributed by atoms with Gasteiger partial charge >= 0.3 is 0 Å². The van der Waals surface area contributed by atoms with Crippen LogP contribution in [0.4, 0.5) is 11.4 Å². The molecule has 0 saturated carbocycles. The molecular weight excluding hydrogens is 1000 g/mol. The highest BCUT2D eigenvalue weighted by atomic mass is 32.2. The van der Waals surface area contributed by atoms with Crippen molar-refractivity contribution in [2.75, 3.05) is 89.9 Å². The van der Waals surface area contributed by atoms with Gasteiger partial charge in [0.05, 0.1) is 73.9 Å². The van der Waals surface area contributed by atoms with Crippen molar-refractivity contribution < 1.29 is 41.0 Å². The minimum atomic E-state index is -3.66. The van der Waals surface area contributed by atoms with Crippen LogP contribution in [0.3, 0.4) is 0 Å². The monoisotopic (exact) mass is 1100 g/mol. The van der Waals surface area contributed by atoms with Crippen molar-refractivity contribution >= 4 is 31.0 Å². The third kappa shape index (κ3) is 15.6. The average molecular weight is 1100 g/mol. The Hall–Kier alpha value is -4.14. The molecule has 2 aliphatic rings. The first-order valence-corrected chi connectivity index (χ1v) is 32.7. The van der Waals surface area contributed by atoms with Gasteiger partial charge in [-0.15, -0.1) is 0 Å². The second-order valence-corrected chi connectivity index (χ2v) is 28.0. The highest BCUT2D eigenvalue weighted by Crippen LogP contribution is 2.52. The summed E-state index contributed by atoms with van der Waals surface area (Å²) in [7, 11) is 5.12. The summed E-state index contributed by atoms with van der Waals surface area (Å²) in [5, 5.41) is 25.1. The largest absolute Gasteiger partial charge is 0.494 e. The van der Waals surface area contributed by atoms with Gasteiger partial charge in [0, 0.05) is 62.2 Å². The normalized spacial score (nSPS) is 20.3. The predicted molar refractivity (Wildman–Crippen MR) is 318 cm³/mol. The highest BCUT2D eigenvalue weighted by molar-refractivity contribution is 7.91. The molecule has 0 amide bonds. The van der Waals surface area contributed by atoms with E-state index < -0.39 is 54.5 Å². The lowest BCUT2D eigenvalue weighted by Gasteiger charge is -2.40. The lowest BCUT2D eigenvalue weighted by Crippen LogP contribution is -2.43. The number of aliphatic hydroxyl groups excluding tert-OH is 2. The van der Waals surface area contributed by atoms with Crippen LogP contribution < -0.4 is 19.3 Å². The van der Waals surface area contributed by atoms with Gasteiger partial charge in [0.25, 0.3) is 0 Å². The second-order valence-electron chi connectivity index (χ2n) is 24.1. The number of quaternary nitrogens is 1. The molecule has 2 heterocycles. The van der Waals surface area contributed by atoms with Gasteiger partial charge in [-0.05, 0) is 147 Å². The van der Waals surface area contributed by atoms with E-state index in [0.29, 0.717) is 59.8 Å². The fourth-order valence-corrected chi connectivity index (χ4v) is 16.8. The number of hydrogen-bond acceptors (Lipinski definition) is 10. The minimum Gasteiger partial charge on any atom is -0.494 e. The zero-order valence-electron chi connectivity index (χ0n) is 48.9. The second kappa shape index (κ2) is 27.8. The Morgan fingerprint density at radius 1 is 0.494 bits per heavy atom. The van der Waals surface area contributed by atoms with Crippen LogP contribution in [0.2, 0.25) is 0 Å². The summed E-state index contributed by atoms with van der Waals surface area (Å²) in [5.41, 5.74) is 3.49. The van der Waals surface area contributed by atoms with Crippen molar-refractivity contribution in [1.82, 2.24) is 0 Å². The Kier molecular flexibility index (Phi) is 22.4. The number of unbranched alkanes of at least 4 members (excludes halogenated alkanes) is 8. The Balaban J connectivity index is 0.979. The summed E-state index contributed by atoms with van der Waals surface area (Å²) in [4.78, 5) is 4.64. The number of sulfone groups is 2. The van der Waals surface area contributed by atoms with Gasteiger partial charge in [-0.25, -0.2) is 16.8 Å². The van der Waals surface area contributed by atoms with Crippen molar-refractivity contribution in [3.63, 3.8) is 0 Å². The molecule has 77 heavy (non-hydrogen) atoms. The molecule has 2 aliphatic heterocycles. The Morgan fingerprint density at radius 3 is 1.14 bits per heavy atom. The van der Waals surface area contributed by atoms with E-state index in [2.05, 4.69) is 41.8 Å². The molecule has 4 aromatic carbocycles. The molecule has 0 aliphatic carbocycles. The van der Waals surface area contributed by atoms with Crippen molar-refractivity contribution in [1.29, 1.82) is 0 Å². The van der Waals surface area contributed by atoms with E-state index in [1.165, 1.54) is 0 Å². The van der Waals surface area contributed by atoms with Crippen LogP contribution in [0.25, 0.3) is 0 Å². The molecule has 6 rings (SSSR count). The molecule has 0 saturated heterocycles. The van der Waals surface area contributed by atoms with E-state index in [1.54, 1.807) is 12.1 Å². The first-order chi connectivity index (χ1) is 36.7. The first-order valence-electron chi connectivity index (χ1n) is 29.4. The number of rotatable bonds is 30. The van der Waals surface area contributed by atoms with Crippen LogP contribution in [0, 0.1) is 10.8 Å². The molecule has 428 valence electrons. The molecule has 0 radical (unpaired) electrons. The molecule has 0 fully saturated rings. The summed E-state index contributed by atoms with van der Waals surface area (Å²) >= 11 is 0. The van der Waals surface area contributed by atoms with Crippen molar-refractivity contribution in [3.05, 3.63) is 107 Å². The van der Waals surface area contributed by atoms with E-state index >= 15 is 0 Å². The van der Waals surface area contributed by atoms with Crippen LogP contribution in [-0.2, 0) is 19.7 Å². The van der Waals surface area contributed by atoms with Crippen molar-refractivity contribution in [3.8, 4) is 11.5 Å². The number of anilines is 2. The summed E-state index contributed by atoms with van der Waals surface area (Å²) in [5.74, 6) is 0.487. The maximum Gasteiger partial charge on any atom is 0.179 e. The maximum atomic E-state index is 14.2. The van der Waals surface area contributed by atoms with E-state index in [9.17, 15) is 27.0 Å². The average Bonchev–Trinajstić information content (AvgIpc) is 3.55. The zero-order valence-corrected chi connectivity index (χ0v) is 50.5. The summed E-state index contributed by atoms with van der Waals surface area (Å²) < 4.78 is 70.4. The lowest BCUT2D eigenvalue weighted by atomic mass is 9.68. The Bertz CT molecular complexity index is 2490. The number of nitrogens with zero attached hydrogens (tertiary/aromatic N) is 3. The predicted octanol–water partition coefficient (Wildman–Crippen LogP) is 13.0. The SMILES string of the molecule is CCCCC1(CCCC)CS(=O)(=O)c2ccc(N(C)C)cc2[C@@H](c2ccc(OCCCCC[N+](C)(C)CCCCCOc3ccc([C@@H]4c5cc(N(C)C)ccc5S(=O)(=O)CC(CCCC)(CCCC)[C@@H]4O)cc3)cc2)[C@H]1O. The number of fused-ring (bicyclic) bond motifs is 2. The molecule has 0 bridgehead atoms. The van der Waals surface area contributed by atoms with E-state index in [0.717, 1.165) is 141 Å². The molecule has 0 unspecified atom stereocenters. The van der Waals surface area contributed by atoms with Gasteiger partial charge in [0.1, 0.15) is 11.5 Å². The quantitative estimate of drug-likeness (QED) is 0.0384.